The van der Waals surface area contributed by atoms with E-state index >= 15 is 0 Å². The largest absolute Gasteiger partial charge is 0.457 e. The lowest BCUT2D eigenvalue weighted by Crippen LogP contribution is -2.46. The molecule has 3 heterocycles. The van der Waals surface area contributed by atoms with E-state index < -0.39 is 0 Å². The number of carbonyl (C=O) groups is 1. The van der Waals surface area contributed by atoms with Crippen molar-refractivity contribution in [1.82, 2.24) is 24.3 Å². The molecule has 1 fully saturated rings. The Labute approximate surface area is 234 Å². The number of aryl methyl sites for hydroxylation is 1. The third kappa shape index (κ3) is 6.58. The van der Waals surface area contributed by atoms with Crippen LogP contribution >= 0.6 is 11.6 Å². The fraction of sp³-hybridized carbons (Fsp3) is 0.367. The van der Waals surface area contributed by atoms with Crippen LogP contribution in [0.15, 0.2) is 54.7 Å². The number of rotatable bonds is 9. The zero-order valence-electron chi connectivity index (χ0n) is 22.9. The number of fused-ring (bicyclic) bond motifs is 1. The predicted molar refractivity (Wildman–Crippen MR) is 156 cm³/mol. The molecule has 0 bridgehead atoms. The second-order valence-corrected chi connectivity index (χ2v) is 10.9. The summed E-state index contributed by atoms with van der Waals surface area (Å²) in [6, 6.07) is 15.4. The molecule has 204 valence electrons. The van der Waals surface area contributed by atoms with Crippen LogP contribution in [-0.2, 0) is 18.3 Å². The van der Waals surface area contributed by atoms with Gasteiger partial charge in [0, 0.05) is 62.3 Å². The normalized spacial score (nSPS) is 14.7. The second-order valence-electron chi connectivity index (χ2n) is 10.5. The number of imidazole rings is 1. The fourth-order valence-corrected chi connectivity index (χ4v) is 5.15. The number of carbonyl (C=O) groups excluding carboxylic acids is 1. The molecule has 8 nitrogen and oxygen atoms in total. The summed E-state index contributed by atoms with van der Waals surface area (Å²) in [6.45, 7) is 8.54. The molecule has 1 N–H and O–H groups in total. The SMILES string of the molecule is CC(C)c1cc(Nc2nc3cc(Oc4ccnc(CC(=O)CN5CCN(C)CC5)c4)ccc3n2C)ccc1Cl. The minimum Gasteiger partial charge on any atom is -0.457 e. The second kappa shape index (κ2) is 11.7. The highest BCUT2D eigenvalue weighted by atomic mass is 35.5. The van der Waals surface area contributed by atoms with Gasteiger partial charge in [-0.1, -0.05) is 25.4 Å². The van der Waals surface area contributed by atoms with E-state index in [2.05, 4.69) is 47.1 Å². The van der Waals surface area contributed by atoms with E-state index in [4.69, 9.17) is 21.3 Å². The molecule has 0 amide bonds. The summed E-state index contributed by atoms with van der Waals surface area (Å²) in [7, 11) is 4.09. The maximum atomic E-state index is 12.7. The summed E-state index contributed by atoms with van der Waals surface area (Å²) in [4.78, 5) is 26.3. The molecule has 0 aliphatic carbocycles. The molecule has 2 aromatic carbocycles. The number of aromatic nitrogens is 3. The molecule has 0 radical (unpaired) electrons. The minimum absolute atomic E-state index is 0.167. The van der Waals surface area contributed by atoms with Crippen LogP contribution in [0.5, 0.6) is 11.5 Å². The Morgan fingerprint density at radius 1 is 1.03 bits per heavy atom. The lowest BCUT2D eigenvalue weighted by atomic mass is 10.0. The third-order valence-electron chi connectivity index (χ3n) is 7.12. The van der Waals surface area contributed by atoms with Gasteiger partial charge in [-0.3, -0.25) is 14.7 Å². The topological polar surface area (TPSA) is 75.5 Å². The Hall–Kier alpha value is -3.46. The average Bonchev–Trinajstić information content (AvgIpc) is 3.20. The number of pyridine rings is 1. The molecule has 1 saturated heterocycles. The number of nitrogens with one attached hydrogen (secondary N) is 1. The van der Waals surface area contributed by atoms with Crippen molar-refractivity contribution in [2.24, 2.45) is 7.05 Å². The van der Waals surface area contributed by atoms with Gasteiger partial charge in [0.2, 0.25) is 5.95 Å². The van der Waals surface area contributed by atoms with Gasteiger partial charge < -0.3 is 19.5 Å². The van der Waals surface area contributed by atoms with Gasteiger partial charge in [0.25, 0.3) is 0 Å². The number of piperazine rings is 1. The highest BCUT2D eigenvalue weighted by Crippen LogP contribution is 2.31. The summed E-state index contributed by atoms with van der Waals surface area (Å²) < 4.78 is 8.15. The van der Waals surface area contributed by atoms with Crippen LogP contribution in [0.4, 0.5) is 11.6 Å². The van der Waals surface area contributed by atoms with Crippen LogP contribution in [0.2, 0.25) is 5.02 Å². The summed E-state index contributed by atoms with van der Waals surface area (Å²) in [6.07, 6.45) is 1.98. The predicted octanol–water partition coefficient (Wildman–Crippen LogP) is 5.64. The van der Waals surface area contributed by atoms with Crippen molar-refractivity contribution in [3.63, 3.8) is 0 Å². The van der Waals surface area contributed by atoms with E-state index in [9.17, 15) is 4.79 Å². The van der Waals surface area contributed by atoms with Gasteiger partial charge in [-0.25, -0.2) is 4.98 Å². The van der Waals surface area contributed by atoms with Gasteiger partial charge in [0.15, 0.2) is 5.78 Å². The first-order chi connectivity index (χ1) is 18.7. The molecule has 0 atom stereocenters. The number of Topliss-reactive ketones (excluding diaryl/α,β-unsaturated/α-hetero) is 1. The molecular formula is C30H35ClN6O2. The molecule has 1 aliphatic rings. The number of ketones is 1. The van der Waals surface area contributed by atoms with Crippen molar-refractivity contribution in [1.29, 1.82) is 0 Å². The summed E-state index contributed by atoms with van der Waals surface area (Å²) >= 11 is 6.37. The van der Waals surface area contributed by atoms with Crippen molar-refractivity contribution in [3.8, 4) is 11.5 Å². The fourth-order valence-electron chi connectivity index (χ4n) is 4.81. The number of ether oxygens (including phenoxy) is 1. The van der Waals surface area contributed by atoms with Crippen LogP contribution in [0.1, 0.15) is 31.0 Å². The van der Waals surface area contributed by atoms with Gasteiger partial charge in [-0.05, 0) is 54.9 Å². The van der Waals surface area contributed by atoms with Gasteiger partial charge >= 0.3 is 0 Å². The Kier molecular flexibility index (Phi) is 8.16. The summed E-state index contributed by atoms with van der Waals surface area (Å²) in [5.41, 5.74) is 4.53. The molecule has 0 saturated carbocycles. The number of halogens is 1. The molecule has 5 rings (SSSR count). The molecule has 0 spiro atoms. The summed E-state index contributed by atoms with van der Waals surface area (Å²) in [5, 5.41) is 4.18. The van der Waals surface area contributed by atoms with E-state index in [1.54, 1.807) is 12.3 Å². The lowest BCUT2D eigenvalue weighted by molar-refractivity contribution is -0.120. The summed E-state index contributed by atoms with van der Waals surface area (Å²) in [5.74, 6) is 2.53. The Morgan fingerprint density at radius 2 is 1.79 bits per heavy atom. The van der Waals surface area contributed by atoms with E-state index in [1.165, 1.54) is 0 Å². The molecule has 4 aromatic rings. The first-order valence-corrected chi connectivity index (χ1v) is 13.7. The number of benzene rings is 2. The average molecular weight is 547 g/mol. The maximum absolute atomic E-state index is 12.7. The third-order valence-corrected chi connectivity index (χ3v) is 7.47. The van der Waals surface area contributed by atoms with Crippen LogP contribution in [0, 0.1) is 0 Å². The van der Waals surface area contributed by atoms with E-state index in [0.29, 0.717) is 36.1 Å². The first-order valence-electron chi connectivity index (χ1n) is 13.3. The Morgan fingerprint density at radius 3 is 2.56 bits per heavy atom. The molecule has 0 unspecified atom stereocenters. The molecule has 1 aliphatic heterocycles. The zero-order valence-corrected chi connectivity index (χ0v) is 23.7. The van der Waals surface area contributed by atoms with E-state index in [-0.39, 0.29) is 5.78 Å². The van der Waals surface area contributed by atoms with Crippen LogP contribution in [0.25, 0.3) is 11.0 Å². The van der Waals surface area contributed by atoms with Gasteiger partial charge in [0.1, 0.15) is 11.5 Å². The van der Waals surface area contributed by atoms with Gasteiger partial charge in [-0.15, -0.1) is 0 Å². The number of nitrogens with zero attached hydrogens (tertiary/aromatic N) is 5. The lowest BCUT2D eigenvalue weighted by Gasteiger charge is -2.31. The number of likely N-dealkylation sites (N-methyl/N-ethyl adjacent to an activating group) is 1. The maximum Gasteiger partial charge on any atom is 0.208 e. The van der Waals surface area contributed by atoms with E-state index in [0.717, 1.165) is 59.4 Å². The number of anilines is 2. The smallest absolute Gasteiger partial charge is 0.208 e. The Bertz CT molecular complexity index is 1480. The quantitative estimate of drug-likeness (QED) is 0.291. The number of hydrogen-bond donors (Lipinski definition) is 1. The van der Waals surface area contributed by atoms with Gasteiger partial charge in [-0.2, -0.15) is 0 Å². The minimum atomic E-state index is 0.167. The Balaban J connectivity index is 1.26. The zero-order chi connectivity index (χ0) is 27.5. The van der Waals surface area contributed by atoms with Crippen LogP contribution < -0.4 is 10.1 Å². The van der Waals surface area contributed by atoms with Crippen LogP contribution in [0.3, 0.4) is 0 Å². The molecule has 39 heavy (non-hydrogen) atoms. The van der Waals surface area contributed by atoms with E-state index in [1.807, 2.05) is 48.0 Å². The molecular weight excluding hydrogens is 512 g/mol. The highest BCUT2D eigenvalue weighted by molar-refractivity contribution is 6.31. The van der Waals surface area contributed by atoms with Crippen molar-refractivity contribution >= 4 is 40.1 Å². The van der Waals surface area contributed by atoms with Crippen molar-refractivity contribution in [2.45, 2.75) is 26.2 Å². The van der Waals surface area contributed by atoms with Gasteiger partial charge in [0.05, 0.1) is 29.7 Å². The van der Waals surface area contributed by atoms with Crippen LogP contribution in [-0.4, -0.2) is 69.9 Å². The molecule has 2 aromatic heterocycles. The standard InChI is InChI=1S/C30H35ClN6O2/c1-20(2)26-17-21(5-7-27(26)31)33-30-34-28-18-24(6-8-29(28)36(30)4)39-25-9-10-32-22(16-25)15-23(38)19-37-13-11-35(3)12-14-37/h5-10,16-18,20H,11-15,19H2,1-4H3,(H,33,34). The van der Waals surface area contributed by atoms with Crippen molar-refractivity contribution in [3.05, 3.63) is 71.0 Å². The molecule has 9 heteroatoms. The highest BCUT2D eigenvalue weighted by Gasteiger charge is 2.17. The monoisotopic (exact) mass is 546 g/mol. The van der Waals surface area contributed by atoms with Crippen molar-refractivity contribution < 1.29 is 9.53 Å². The number of hydrogen-bond acceptors (Lipinski definition) is 7. The first kappa shape index (κ1) is 27.1. The van der Waals surface area contributed by atoms with Crippen molar-refractivity contribution in [2.75, 3.05) is 45.1 Å².